The third kappa shape index (κ3) is 3.29. The van der Waals surface area contributed by atoms with E-state index in [1.54, 1.807) is 24.1 Å². The number of rotatable bonds is 3. The summed E-state index contributed by atoms with van der Waals surface area (Å²) in [7, 11) is 1.77. The second kappa shape index (κ2) is 5.84. The number of alkyl halides is 3. The molecule has 0 saturated carbocycles. The number of nitrogens with zero attached hydrogens (tertiary/aromatic N) is 4. The Bertz CT molecular complexity index is 854. The number of nitrogens with two attached hydrogens (primary N) is 1. The van der Waals surface area contributed by atoms with Gasteiger partial charge in [-0.3, -0.25) is 4.68 Å². The quantitative estimate of drug-likeness (QED) is 0.768. The number of nitrogens with one attached hydrogen (secondary N) is 1. The number of nitrogen functional groups attached to an aromatic ring is 1. The van der Waals surface area contributed by atoms with Crippen LogP contribution in [0.3, 0.4) is 0 Å². The summed E-state index contributed by atoms with van der Waals surface area (Å²) >= 11 is 0. The van der Waals surface area contributed by atoms with Crippen LogP contribution in [0.2, 0.25) is 0 Å². The molecule has 2 aromatic heterocycles. The lowest BCUT2D eigenvalue weighted by molar-refractivity contribution is -0.137. The predicted octanol–water partition coefficient (Wildman–Crippen LogP) is 3.22. The van der Waals surface area contributed by atoms with Crippen LogP contribution in [0.4, 0.5) is 30.6 Å². The summed E-state index contributed by atoms with van der Waals surface area (Å²) in [5.74, 6) is 0.437. The number of halogens is 3. The van der Waals surface area contributed by atoms with Crippen LogP contribution < -0.4 is 11.1 Å². The van der Waals surface area contributed by atoms with E-state index in [1.807, 2.05) is 0 Å². The standard InChI is InChI=1S/C15H13F3N6/c1-24-8-11(6-21-24)22-14-20-7-12(13(19)23-14)9-2-4-10(5-3-9)15(16,17)18/h2-8H,1H3,(H3,19,20,22,23). The molecule has 0 atom stereocenters. The molecule has 6 nitrogen and oxygen atoms in total. The topological polar surface area (TPSA) is 81.7 Å². The van der Waals surface area contributed by atoms with Crippen molar-refractivity contribution in [3.63, 3.8) is 0 Å². The Morgan fingerprint density at radius 2 is 1.83 bits per heavy atom. The molecular formula is C15H13F3N6. The lowest BCUT2D eigenvalue weighted by atomic mass is 10.1. The van der Waals surface area contributed by atoms with Gasteiger partial charge in [-0.1, -0.05) is 12.1 Å². The first kappa shape index (κ1) is 15.8. The second-order valence-electron chi connectivity index (χ2n) is 5.10. The van der Waals surface area contributed by atoms with Crippen molar-refractivity contribution in [2.75, 3.05) is 11.1 Å². The molecule has 0 amide bonds. The predicted molar refractivity (Wildman–Crippen MR) is 83.4 cm³/mol. The van der Waals surface area contributed by atoms with Crippen molar-refractivity contribution in [1.29, 1.82) is 0 Å². The average Bonchev–Trinajstić information content (AvgIpc) is 2.92. The number of hydrogen-bond acceptors (Lipinski definition) is 5. The largest absolute Gasteiger partial charge is 0.416 e. The minimum absolute atomic E-state index is 0.163. The third-order valence-electron chi connectivity index (χ3n) is 3.30. The highest BCUT2D eigenvalue weighted by atomic mass is 19.4. The molecule has 0 radical (unpaired) electrons. The molecule has 3 aromatic rings. The van der Waals surface area contributed by atoms with E-state index < -0.39 is 11.7 Å². The van der Waals surface area contributed by atoms with Gasteiger partial charge >= 0.3 is 6.18 Å². The highest BCUT2D eigenvalue weighted by molar-refractivity contribution is 5.74. The SMILES string of the molecule is Cn1cc(Nc2ncc(-c3ccc(C(F)(F)F)cc3)c(N)n2)cn1. The van der Waals surface area contributed by atoms with Crippen molar-refractivity contribution in [2.45, 2.75) is 6.18 Å². The maximum absolute atomic E-state index is 12.6. The van der Waals surface area contributed by atoms with Gasteiger partial charge in [0.1, 0.15) is 5.82 Å². The Labute approximate surface area is 135 Å². The van der Waals surface area contributed by atoms with Crippen LogP contribution in [0, 0.1) is 0 Å². The Morgan fingerprint density at radius 3 is 2.38 bits per heavy atom. The monoisotopic (exact) mass is 334 g/mol. The van der Waals surface area contributed by atoms with Crippen LogP contribution in [0.5, 0.6) is 0 Å². The zero-order chi connectivity index (χ0) is 17.3. The molecule has 24 heavy (non-hydrogen) atoms. The minimum Gasteiger partial charge on any atom is -0.383 e. The summed E-state index contributed by atoms with van der Waals surface area (Å²) in [6.45, 7) is 0. The zero-order valence-corrected chi connectivity index (χ0v) is 12.5. The van der Waals surface area contributed by atoms with Crippen molar-refractivity contribution >= 4 is 17.5 Å². The van der Waals surface area contributed by atoms with E-state index in [4.69, 9.17) is 5.73 Å². The van der Waals surface area contributed by atoms with Crippen molar-refractivity contribution in [1.82, 2.24) is 19.7 Å². The summed E-state index contributed by atoms with van der Waals surface area (Å²) in [5.41, 5.74) is 6.84. The summed E-state index contributed by atoms with van der Waals surface area (Å²) in [6, 6.07) is 4.67. The maximum atomic E-state index is 12.6. The first-order valence-electron chi connectivity index (χ1n) is 6.89. The van der Waals surface area contributed by atoms with E-state index in [2.05, 4.69) is 20.4 Å². The van der Waals surface area contributed by atoms with E-state index in [9.17, 15) is 13.2 Å². The van der Waals surface area contributed by atoms with Gasteiger partial charge in [0.15, 0.2) is 0 Å². The molecule has 1 aromatic carbocycles. The second-order valence-corrected chi connectivity index (χ2v) is 5.10. The highest BCUT2D eigenvalue weighted by Crippen LogP contribution is 2.32. The lowest BCUT2D eigenvalue weighted by Gasteiger charge is -2.10. The van der Waals surface area contributed by atoms with Crippen LogP contribution in [0.25, 0.3) is 11.1 Å². The molecule has 0 fully saturated rings. The van der Waals surface area contributed by atoms with Crippen molar-refractivity contribution in [3.8, 4) is 11.1 Å². The zero-order valence-electron chi connectivity index (χ0n) is 12.5. The molecule has 0 bridgehead atoms. The highest BCUT2D eigenvalue weighted by Gasteiger charge is 2.30. The summed E-state index contributed by atoms with van der Waals surface area (Å²) in [4.78, 5) is 8.25. The molecule has 0 aliphatic heterocycles. The molecule has 124 valence electrons. The van der Waals surface area contributed by atoms with Gasteiger partial charge in [-0.15, -0.1) is 0 Å². The van der Waals surface area contributed by atoms with Crippen molar-refractivity contribution in [2.24, 2.45) is 7.05 Å². The Kier molecular flexibility index (Phi) is 3.84. The minimum atomic E-state index is -4.38. The maximum Gasteiger partial charge on any atom is 0.416 e. The first-order valence-corrected chi connectivity index (χ1v) is 6.89. The fourth-order valence-electron chi connectivity index (χ4n) is 2.13. The van der Waals surface area contributed by atoms with Gasteiger partial charge in [0, 0.05) is 25.0 Å². The average molecular weight is 334 g/mol. The molecule has 0 unspecified atom stereocenters. The Morgan fingerprint density at radius 1 is 1.12 bits per heavy atom. The summed E-state index contributed by atoms with van der Waals surface area (Å²) < 4.78 is 39.4. The Hall–Kier alpha value is -3.10. The fraction of sp³-hybridized carbons (Fsp3) is 0.133. The number of hydrogen-bond donors (Lipinski definition) is 2. The molecule has 2 heterocycles. The lowest BCUT2D eigenvalue weighted by Crippen LogP contribution is -2.04. The number of benzene rings is 1. The summed E-state index contributed by atoms with van der Waals surface area (Å²) in [6.07, 6.45) is 0.425. The van der Waals surface area contributed by atoms with E-state index in [0.29, 0.717) is 16.8 Å². The van der Waals surface area contributed by atoms with E-state index in [0.717, 1.165) is 12.1 Å². The van der Waals surface area contributed by atoms with Crippen LogP contribution in [0.15, 0.2) is 42.9 Å². The van der Waals surface area contributed by atoms with Gasteiger partial charge in [-0.05, 0) is 17.7 Å². The van der Waals surface area contributed by atoms with Crippen LogP contribution in [-0.4, -0.2) is 19.7 Å². The molecular weight excluding hydrogens is 321 g/mol. The van der Waals surface area contributed by atoms with Crippen LogP contribution >= 0.6 is 0 Å². The van der Waals surface area contributed by atoms with E-state index in [-0.39, 0.29) is 11.8 Å². The van der Waals surface area contributed by atoms with Gasteiger partial charge in [0.05, 0.1) is 17.4 Å². The van der Waals surface area contributed by atoms with Crippen LogP contribution in [-0.2, 0) is 13.2 Å². The van der Waals surface area contributed by atoms with Gasteiger partial charge in [-0.2, -0.15) is 23.3 Å². The van der Waals surface area contributed by atoms with Crippen molar-refractivity contribution < 1.29 is 13.2 Å². The van der Waals surface area contributed by atoms with E-state index >= 15 is 0 Å². The van der Waals surface area contributed by atoms with Crippen molar-refractivity contribution in [3.05, 3.63) is 48.4 Å². The molecule has 0 aliphatic carbocycles. The van der Waals surface area contributed by atoms with Gasteiger partial charge in [-0.25, -0.2) is 4.98 Å². The molecule has 0 aliphatic rings. The first-order chi connectivity index (χ1) is 11.3. The molecule has 9 heteroatoms. The van der Waals surface area contributed by atoms with Gasteiger partial charge < -0.3 is 11.1 Å². The molecule has 3 rings (SSSR count). The number of aryl methyl sites for hydroxylation is 1. The number of aromatic nitrogens is 4. The normalized spacial score (nSPS) is 11.5. The fourth-order valence-corrected chi connectivity index (χ4v) is 2.13. The number of anilines is 3. The third-order valence-corrected chi connectivity index (χ3v) is 3.30. The molecule has 0 saturated heterocycles. The molecule has 3 N–H and O–H groups in total. The van der Waals surface area contributed by atoms with Crippen LogP contribution in [0.1, 0.15) is 5.56 Å². The molecule has 0 spiro atoms. The van der Waals surface area contributed by atoms with Gasteiger partial charge in [0.25, 0.3) is 0 Å². The summed E-state index contributed by atoms with van der Waals surface area (Å²) in [5, 5.41) is 6.94. The Balaban J connectivity index is 1.84. The van der Waals surface area contributed by atoms with Gasteiger partial charge in [0.2, 0.25) is 5.95 Å². The van der Waals surface area contributed by atoms with E-state index in [1.165, 1.54) is 18.3 Å². The smallest absolute Gasteiger partial charge is 0.383 e.